The fraction of sp³-hybridized carbons (Fsp3) is 0.462. The van der Waals surface area contributed by atoms with Crippen LogP contribution in [-0.2, 0) is 4.79 Å². The maximum absolute atomic E-state index is 13.6. The third-order valence-electron chi connectivity index (χ3n) is 2.56. The van der Waals surface area contributed by atoms with Crippen LogP contribution in [0.4, 0.5) is 4.39 Å². The van der Waals surface area contributed by atoms with Gasteiger partial charge in [-0.05, 0) is 19.4 Å². The van der Waals surface area contributed by atoms with E-state index < -0.39 is 0 Å². The summed E-state index contributed by atoms with van der Waals surface area (Å²) in [5.41, 5.74) is 6.08. The Balaban J connectivity index is 2.44. The lowest BCUT2D eigenvalue weighted by atomic mass is 10.1. The number of ether oxygens (including phenoxy) is 1. The first-order valence-electron chi connectivity index (χ1n) is 5.93. The molecular formula is C13H19FN2O2. The molecule has 0 aliphatic carbocycles. The molecule has 100 valence electrons. The van der Waals surface area contributed by atoms with Crippen molar-refractivity contribution in [2.24, 2.45) is 5.73 Å². The number of halogens is 1. The molecule has 5 heteroatoms. The van der Waals surface area contributed by atoms with Crippen LogP contribution < -0.4 is 15.8 Å². The van der Waals surface area contributed by atoms with Crippen molar-refractivity contribution in [3.8, 4) is 5.75 Å². The van der Waals surface area contributed by atoms with Crippen molar-refractivity contribution in [2.45, 2.75) is 25.8 Å². The molecule has 0 radical (unpaired) electrons. The SMILES string of the molecule is CNC(=O)CCCOc1ccc([C@@H](C)N)c(F)c1. The zero-order chi connectivity index (χ0) is 13.5. The highest BCUT2D eigenvalue weighted by Crippen LogP contribution is 2.20. The maximum atomic E-state index is 13.6. The van der Waals surface area contributed by atoms with Crippen molar-refractivity contribution >= 4 is 5.91 Å². The fourth-order valence-electron chi connectivity index (χ4n) is 1.51. The van der Waals surface area contributed by atoms with E-state index in [-0.39, 0.29) is 17.8 Å². The monoisotopic (exact) mass is 254 g/mol. The van der Waals surface area contributed by atoms with E-state index >= 15 is 0 Å². The van der Waals surface area contributed by atoms with Crippen LogP contribution in [0.5, 0.6) is 5.75 Å². The smallest absolute Gasteiger partial charge is 0.219 e. The minimum Gasteiger partial charge on any atom is -0.493 e. The summed E-state index contributed by atoms with van der Waals surface area (Å²) in [5.74, 6) is 0.0553. The van der Waals surface area contributed by atoms with Crippen LogP contribution in [0, 0.1) is 5.82 Å². The number of amides is 1. The average molecular weight is 254 g/mol. The summed E-state index contributed by atoms with van der Waals surface area (Å²) >= 11 is 0. The van der Waals surface area contributed by atoms with Crippen LogP contribution in [0.25, 0.3) is 0 Å². The molecule has 0 unspecified atom stereocenters. The second kappa shape index (κ2) is 6.96. The minimum atomic E-state index is -0.367. The molecule has 0 aromatic heterocycles. The molecule has 1 aromatic carbocycles. The molecule has 1 amide bonds. The van der Waals surface area contributed by atoms with E-state index in [0.717, 1.165) is 0 Å². The quantitative estimate of drug-likeness (QED) is 0.760. The van der Waals surface area contributed by atoms with E-state index in [0.29, 0.717) is 30.8 Å². The summed E-state index contributed by atoms with van der Waals surface area (Å²) in [7, 11) is 1.59. The largest absolute Gasteiger partial charge is 0.493 e. The number of carbonyl (C=O) groups is 1. The van der Waals surface area contributed by atoms with Gasteiger partial charge in [0.25, 0.3) is 0 Å². The van der Waals surface area contributed by atoms with Gasteiger partial charge in [-0.25, -0.2) is 4.39 Å². The van der Waals surface area contributed by atoms with Gasteiger partial charge in [-0.2, -0.15) is 0 Å². The lowest BCUT2D eigenvalue weighted by Crippen LogP contribution is -2.18. The van der Waals surface area contributed by atoms with Crippen molar-refractivity contribution in [2.75, 3.05) is 13.7 Å². The van der Waals surface area contributed by atoms with Crippen LogP contribution in [0.2, 0.25) is 0 Å². The molecule has 0 saturated carbocycles. The van der Waals surface area contributed by atoms with E-state index in [1.54, 1.807) is 26.1 Å². The van der Waals surface area contributed by atoms with Crippen LogP contribution in [0.15, 0.2) is 18.2 Å². The van der Waals surface area contributed by atoms with Crippen LogP contribution >= 0.6 is 0 Å². The molecule has 0 spiro atoms. The Bertz CT molecular complexity index is 408. The maximum Gasteiger partial charge on any atom is 0.219 e. The molecule has 1 atom stereocenters. The van der Waals surface area contributed by atoms with E-state index in [9.17, 15) is 9.18 Å². The van der Waals surface area contributed by atoms with Gasteiger partial charge in [0.05, 0.1) is 6.61 Å². The standard InChI is InChI=1S/C13H19FN2O2/c1-9(15)11-6-5-10(8-12(11)14)18-7-3-4-13(17)16-2/h5-6,8-9H,3-4,7,15H2,1-2H3,(H,16,17)/t9-/m1/s1. The second-order valence-corrected chi connectivity index (χ2v) is 4.10. The Morgan fingerprint density at radius 1 is 1.56 bits per heavy atom. The molecule has 3 N–H and O–H groups in total. The van der Waals surface area contributed by atoms with Crippen LogP contribution in [-0.4, -0.2) is 19.6 Å². The van der Waals surface area contributed by atoms with E-state index in [1.165, 1.54) is 6.07 Å². The normalized spacial score (nSPS) is 12.0. The van der Waals surface area contributed by atoms with Crippen LogP contribution in [0.3, 0.4) is 0 Å². The first-order valence-corrected chi connectivity index (χ1v) is 5.93. The summed E-state index contributed by atoms with van der Waals surface area (Å²) in [6.07, 6.45) is 0.993. The third-order valence-corrected chi connectivity index (χ3v) is 2.56. The molecule has 0 aliphatic rings. The van der Waals surface area contributed by atoms with Gasteiger partial charge >= 0.3 is 0 Å². The number of hydrogen-bond acceptors (Lipinski definition) is 3. The average Bonchev–Trinajstić information content (AvgIpc) is 2.34. The van der Waals surface area contributed by atoms with Crippen molar-refractivity contribution in [1.29, 1.82) is 0 Å². The molecule has 0 bridgehead atoms. The summed E-state index contributed by atoms with van der Waals surface area (Å²) in [4.78, 5) is 11.0. The predicted octanol–water partition coefficient (Wildman–Crippen LogP) is 1.75. The Morgan fingerprint density at radius 2 is 2.28 bits per heavy atom. The third kappa shape index (κ3) is 4.33. The highest BCUT2D eigenvalue weighted by molar-refractivity contribution is 5.75. The molecule has 0 fully saturated rings. The summed E-state index contributed by atoms with van der Waals surface area (Å²) < 4.78 is 18.9. The molecule has 0 aliphatic heterocycles. The van der Waals surface area contributed by atoms with Crippen molar-refractivity contribution in [3.63, 3.8) is 0 Å². The fourth-order valence-corrected chi connectivity index (χ4v) is 1.51. The predicted molar refractivity (Wildman–Crippen MR) is 67.8 cm³/mol. The molecule has 18 heavy (non-hydrogen) atoms. The number of nitrogens with one attached hydrogen (secondary N) is 1. The zero-order valence-electron chi connectivity index (χ0n) is 10.7. The summed E-state index contributed by atoms with van der Waals surface area (Å²) in [5, 5.41) is 2.52. The molecule has 4 nitrogen and oxygen atoms in total. The van der Waals surface area contributed by atoms with Gasteiger partial charge in [0.2, 0.25) is 5.91 Å². The van der Waals surface area contributed by atoms with E-state index in [1.807, 2.05) is 0 Å². The Morgan fingerprint density at radius 3 is 2.83 bits per heavy atom. The van der Waals surface area contributed by atoms with E-state index in [4.69, 9.17) is 10.5 Å². The number of nitrogens with two attached hydrogens (primary N) is 1. The molecule has 1 rings (SSSR count). The van der Waals surface area contributed by atoms with Gasteiger partial charge in [-0.15, -0.1) is 0 Å². The lowest BCUT2D eigenvalue weighted by molar-refractivity contribution is -0.120. The minimum absolute atomic E-state index is 0.0305. The Hall–Kier alpha value is -1.62. The first kappa shape index (κ1) is 14.4. The molecule has 0 saturated heterocycles. The topological polar surface area (TPSA) is 64.3 Å². The Labute approximate surface area is 106 Å². The first-order chi connectivity index (χ1) is 8.54. The van der Waals surface area contributed by atoms with Gasteiger partial charge in [-0.3, -0.25) is 4.79 Å². The second-order valence-electron chi connectivity index (χ2n) is 4.10. The van der Waals surface area contributed by atoms with Gasteiger partial charge in [0, 0.05) is 31.1 Å². The number of rotatable bonds is 6. The molecule has 0 heterocycles. The van der Waals surface area contributed by atoms with Gasteiger partial charge in [0.15, 0.2) is 0 Å². The van der Waals surface area contributed by atoms with Crippen molar-refractivity contribution < 1.29 is 13.9 Å². The van der Waals surface area contributed by atoms with E-state index in [2.05, 4.69) is 5.32 Å². The number of hydrogen-bond donors (Lipinski definition) is 2. The van der Waals surface area contributed by atoms with Crippen molar-refractivity contribution in [1.82, 2.24) is 5.32 Å². The summed E-state index contributed by atoms with van der Waals surface area (Å²) in [6.45, 7) is 2.10. The Kier molecular flexibility index (Phi) is 5.58. The highest BCUT2D eigenvalue weighted by Gasteiger charge is 2.08. The lowest BCUT2D eigenvalue weighted by Gasteiger charge is -2.10. The zero-order valence-corrected chi connectivity index (χ0v) is 10.7. The van der Waals surface area contributed by atoms with Gasteiger partial charge in [0.1, 0.15) is 11.6 Å². The van der Waals surface area contributed by atoms with Gasteiger partial charge < -0.3 is 15.8 Å². The summed E-state index contributed by atoms with van der Waals surface area (Å²) in [6, 6.07) is 4.28. The number of carbonyl (C=O) groups excluding carboxylic acids is 1. The molecular weight excluding hydrogens is 235 g/mol. The molecule has 1 aromatic rings. The highest BCUT2D eigenvalue weighted by atomic mass is 19.1. The van der Waals surface area contributed by atoms with Crippen LogP contribution in [0.1, 0.15) is 31.4 Å². The van der Waals surface area contributed by atoms with Gasteiger partial charge in [-0.1, -0.05) is 6.07 Å². The number of benzene rings is 1. The van der Waals surface area contributed by atoms with Crippen molar-refractivity contribution in [3.05, 3.63) is 29.6 Å².